The van der Waals surface area contributed by atoms with Gasteiger partial charge >= 0.3 is 0 Å². The minimum Gasteiger partial charge on any atom is -0.102 e. The normalized spacial score (nSPS) is 12.6. The molecule has 1 rings (SSSR count). The van der Waals surface area contributed by atoms with Crippen molar-refractivity contribution in [3.05, 3.63) is 45.9 Å². The van der Waals surface area contributed by atoms with E-state index in [1.165, 1.54) is 5.56 Å². The lowest BCUT2D eigenvalue weighted by molar-refractivity contribution is 0.963. The number of benzene rings is 1. The van der Waals surface area contributed by atoms with Crippen LogP contribution in [0.2, 0.25) is 5.02 Å². The highest BCUT2D eigenvalue weighted by Gasteiger charge is 2.05. The minimum absolute atomic E-state index is 0.358. The third kappa shape index (κ3) is 2.11. The van der Waals surface area contributed by atoms with E-state index in [0.29, 0.717) is 5.92 Å². The molecule has 0 unspecified atom stereocenters. The Labute approximate surface area is 86.4 Å². The molecule has 2 heteroatoms. The SMILES string of the molecule is C=C[C@H](C)c1ccc(Cl)cc1Br. The predicted molar refractivity (Wildman–Crippen MR) is 57.8 cm³/mol. The molecule has 0 spiro atoms. The van der Waals surface area contributed by atoms with E-state index < -0.39 is 0 Å². The van der Waals surface area contributed by atoms with Crippen LogP contribution in [0.1, 0.15) is 18.4 Å². The Bertz CT molecular complexity index is 294. The Hall–Kier alpha value is -0.270. The molecule has 0 aromatic heterocycles. The summed E-state index contributed by atoms with van der Waals surface area (Å²) in [7, 11) is 0. The van der Waals surface area contributed by atoms with Gasteiger partial charge in [0, 0.05) is 9.50 Å². The van der Waals surface area contributed by atoms with Crippen molar-refractivity contribution < 1.29 is 0 Å². The van der Waals surface area contributed by atoms with Crippen LogP contribution in [0.25, 0.3) is 0 Å². The van der Waals surface area contributed by atoms with E-state index in [1.54, 1.807) is 0 Å². The summed E-state index contributed by atoms with van der Waals surface area (Å²) in [5.74, 6) is 0.358. The van der Waals surface area contributed by atoms with E-state index in [2.05, 4.69) is 29.4 Å². The van der Waals surface area contributed by atoms with Crippen molar-refractivity contribution in [2.24, 2.45) is 0 Å². The molecule has 1 atom stereocenters. The second-order valence-electron chi connectivity index (χ2n) is 2.69. The van der Waals surface area contributed by atoms with Gasteiger partial charge in [0.1, 0.15) is 0 Å². The highest BCUT2D eigenvalue weighted by molar-refractivity contribution is 9.10. The van der Waals surface area contributed by atoms with Crippen molar-refractivity contribution in [1.29, 1.82) is 0 Å². The standard InChI is InChI=1S/C10H10BrCl/c1-3-7(2)9-5-4-8(12)6-10(9)11/h3-7H,1H2,2H3/t7-/m0/s1. The number of halogens is 2. The molecule has 0 nitrogen and oxygen atoms in total. The molecule has 1 aromatic rings. The van der Waals surface area contributed by atoms with Gasteiger partial charge in [0.15, 0.2) is 0 Å². The maximum atomic E-state index is 5.81. The third-order valence-electron chi connectivity index (χ3n) is 1.81. The van der Waals surface area contributed by atoms with Crippen LogP contribution in [0.15, 0.2) is 35.3 Å². The lowest BCUT2D eigenvalue weighted by atomic mass is 10.0. The Balaban J connectivity index is 3.09. The Kier molecular flexibility index (Phi) is 3.36. The molecule has 0 fully saturated rings. The summed E-state index contributed by atoms with van der Waals surface area (Å²) in [6, 6.07) is 5.80. The summed E-state index contributed by atoms with van der Waals surface area (Å²) in [6.07, 6.45) is 1.91. The van der Waals surface area contributed by atoms with Crippen molar-refractivity contribution in [1.82, 2.24) is 0 Å². The van der Waals surface area contributed by atoms with Crippen LogP contribution in [0.5, 0.6) is 0 Å². The first kappa shape index (κ1) is 9.82. The van der Waals surface area contributed by atoms with Gasteiger partial charge in [-0.05, 0) is 23.6 Å². The smallest absolute Gasteiger partial charge is 0.0417 e. The van der Waals surface area contributed by atoms with Gasteiger partial charge in [0.05, 0.1) is 0 Å². The van der Waals surface area contributed by atoms with Crippen LogP contribution in [0, 0.1) is 0 Å². The molecule has 12 heavy (non-hydrogen) atoms. The van der Waals surface area contributed by atoms with Crippen molar-refractivity contribution in [3.8, 4) is 0 Å². The zero-order chi connectivity index (χ0) is 9.14. The van der Waals surface area contributed by atoms with Crippen LogP contribution < -0.4 is 0 Å². The van der Waals surface area contributed by atoms with Crippen LogP contribution in [0.4, 0.5) is 0 Å². The zero-order valence-corrected chi connectivity index (χ0v) is 9.19. The second-order valence-corrected chi connectivity index (χ2v) is 3.98. The van der Waals surface area contributed by atoms with Crippen molar-refractivity contribution in [3.63, 3.8) is 0 Å². The summed E-state index contributed by atoms with van der Waals surface area (Å²) >= 11 is 9.27. The number of hydrogen-bond donors (Lipinski definition) is 0. The highest BCUT2D eigenvalue weighted by Crippen LogP contribution is 2.27. The summed E-state index contributed by atoms with van der Waals surface area (Å²) < 4.78 is 1.04. The number of hydrogen-bond acceptors (Lipinski definition) is 0. The average Bonchev–Trinajstić information content (AvgIpc) is 2.03. The van der Waals surface area contributed by atoms with E-state index in [1.807, 2.05) is 24.3 Å². The maximum Gasteiger partial charge on any atom is 0.0417 e. The first-order valence-electron chi connectivity index (χ1n) is 3.72. The summed E-state index contributed by atoms with van der Waals surface area (Å²) in [6.45, 7) is 5.84. The highest BCUT2D eigenvalue weighted by atomic mass is 79.9. The molecule has 0 N–H and O–H groups in total. The molecule has 0 bridgehead atoms. The predicted octanol–water partition coefficient (Wildman–Crippen LogP) is 4.39. The van der Waals surface area contributed by atoms with Crippen LogP contribution in [-0.2, 0) is 0 Å². The van der Waals surface area contributed by atoms with Gasteiger partial charge in [-0.2, -0.15) is 0 Å². The van der Waals surface area contributed by atoms with Crippen molar-refractivity contribution in [2.45, 2.75) is 12.8 Å². The summed E-state index contributed by atoms with van der Waals surface area (Å²) in [5.41, 5.74) is 1.22. The first-order chi connectivity index (χ1) is 5.65. The van der Waals surface area contributed by atoms with Crippen LogP contribution in [0.3, 0.4) is 0 Å². The van der Waals surface area contributed by atoms with E-state index in [4.69, 9.17) is 11.6 Å². The van der Waals surface area contributed by atoms with E-state index >= 15 is 0 Å². The zero-order valence-electron chi connectivity index (χ0n) is 6.85. The molecule has 0 amide bonds. The van der Waals surface area contributed by atoms with Gasteiger partial charge in [0.2, 0.25) is 0 Å². The minimum atomic E-state index is 0.358. The molecule has 0 aliphatic carbocycles. The van der Waals surface area contributed by atoms with Gasteiger partial charge in [0.25, 0.3) is 0 Å². The lowest BCUT2D eigenvalue weighted by Crippen LogP contribution is -1.89. The molecule has 0 aliphatic heterocycles. The molecule has 0 aliphatic rings. The third-order valence-corrected chi connectivity index (χ3v) is 2.73. The van der Waals surface area contributed by atoms with E-state index in [-0.39, 0.29) is 0 Å². The van der Waals surface area contributed by atoms with Gasteiger partial charge in [-0.25, -0.2) is 0 Å². The number of rotatable bonds is 2. The molecule has 0 heterocycles. The van der Waals surface area contributed by atoms with Crippen molar-refractivity contribution >= 4 is 27.5 Å². The van der Waals surface area contributed by atoms with Crippen LogP contribution >= 0.6 is 27.5 Å². The van der Waals surface area contributed by atoms with Crippen LogP contribution in [-0.4, -0.2) is 0 Å². The molecular formula is C10H10BrCl. The quantitative estimate of drug-likeness (QED) is 0.678. The Morgan fingerprint density at radius 2 is 2.25 bits per heavy atom. The van der Waals surface area contributed by atoms with E-state index in [9.17, 15) is 0 Å². The molecular weight excluding hydrogens is 235 g/mol. The van der Waals surface area contributed by atoms with Gasteiger partial charge < -0.3 is 0 Å². The molecule has 0 saturated heterocycles. The first-order valence-corrected chi connectivity index (χ1v) is 4.89. The van der Waals surface area contributed by atoms with Gasteiger partial charge in [-0.15, -0.1) is 6.58 Å². The van der Waals surface area contributed by atoms with E-state index in [0.717, 1.165) is 9.50 Å². The molecule has 0 radical (unpaired) electrons. The summed E-state index contributed by atoms with van der Waals surface area (Å²) in [5, 5.41) is 0.752. The average molecular weight is 246 g/mol. The van der Waals surface area contributed by atoms with Crippen molar-refractivity contribution in [2.75, 3.05) is 0 Å². The Morgan fingerprint density at radius 1 is 1.58 bits per heavy atom. The second kappa shape index (κ2) is 4.11. The molecule has 64 valence electrons. The molecule has 1 aromatic carbocycles. The molecule has 0 saturated carbocycles. The fraction of sp³-hybridized carbons (Fsp3) is 0.200. The fourth-order valence-electron chi connectivity index (χ4n) is 0.998. The lowest BCUT2D eigenvalue weighted by Gasteiger charge is -2.08. The Morgan fingerprint density at radius 3 is 2.75 bits per heavy atom. The van der Waals surface area contributed by atoms with Gasteiger partial charge in [-0.1, -0.05) is 46.6 Å². The largest absolute Gasteiger partial charge is 0.102 e. The monoisotopic (exact) mass is 244 g/mol. The topological polar surface area (TPSA) is 0 Å². The fourth-order valence-corrected chi connectivity index (χ4v) is 2.04. The van der Waals surface area contributed by atoms with Gasteiger partial charge in [-0.3, -0.25) is 0 Å². The summed E-state index contributed by atoms with van der Waals surface area (Å²) in [4.78, 5) is 0. The number of allylic oxidation sites excluding steroid dienone is 1. The maximum absolute atomic E-state index is 5.81.